The molecule has 0 saturated carbocycles. The number of carbonyl (C=O) groups is 2. The van der Waals surface area contributed by atoms with Gasteiger partial charge in [-0.2, -0.15) is 0 Å². The van der Waals surface area contributed by atoms with Crippen molar-refractivity contribution in [2.45, 2.75) is 69.9 Å². The van der Waals surface area contributed by atoms with E-state index < -0.39 is 47.8 Å². The number of aliphatic hydroxyl groups excluding tert-OH is 2. The van der Waals surface area contributed by atoms with Crippen molar-refractivity contribution in [1.29, 1.82) is 0 Å². The number of aromatic nitrogens is 1. The zero-order valence-corrected chi connectivity index (χ0v) is 30.4. The Balaban J connectivity index is 1.40. The van der Waals surface area contributed by atoms with Crippen LogP contribution in [0.5, 0.6) is 11.6 Å². The summed E-state index contributed by atoms with van der Waals surface area (Å²) in [7, 11) is 1.56. The lowest BCUT2D eigenvalue weighted by Gasteiger charge is -2.33. The number of aliphatic hydroxyl groups is 2. The van der Waals surface area contributed by atoms with Gasteiger partial charge in [-0.05, 0) is 87.1 Å². The lowest BCUT2D eigenvalue weighted by atomic mass is 9.87. The van der Waals surface area contributed by atoms with Gasteiger partial charge in [0.05, 0.1) is 25.3 Å². The van der Waals surface area contributed by atoms with Gasteiger partial charge in [0.1, 0.15) is 24.1 Å². The van der Waals surface area contributed by atoms with Crippen molar-refractivity contribution in [3.8, 4) is 22.8 Å². The Morgan fingerprint density at radius 1 is 1.00 bits per heavy atom. The Morgan fingerprint density at radius 2 is 1.73 bits per heavy atom. The summed E-state index contributed by atoms with van der Waals surface area (Å²) < 4.78 is 16.4. The van der Waals surface area contributed by atoms with E-state index in [9.17, 15) is 19.8 Å². The van der Waals surface area contributed by atoms with Crippen LogP contribution in [0.4, 0.5) is 4.79 Å². The fraction of sp³-hybridized carbons (Fsp3) is 0.359. The van der Waals surface area contributed by atoms with Gasteiger partial charge in [0.25, 0.3) is 0 Å². The molecule has 0 radical (unpaired) electrons. The van der Waals surface area contributed by atoms with Crippen molar-refractivity contribution in [2.24, 2.45) is 5.92 Å². The maximum Gasteiger partial charge on any atom is 0.407 e. The number of fused-ring (bicyclic) bond motifs is 1. The minimum absolute atomic E-state index is 0.0208. The molecule has 51 heavy (non-hydrogen) atoms. The molecule has 0 spiro atoms. The van der Waals surface area contributed by atoms with Crippen molar-refractivity contribution in [3.05, 3.63) is 112 Å². The molecule has 0 bridgehead atoms. The Hall–Kier alpha value is -4.35. The summed E-state index contributed by atoms with van der Waals surface area (Å²) in [5.41, 5.74) is 3.16. The molecule has 4 aromatic rings. The SMILES string of the molecule is COc1ccc(-c2ccc(C[C@H](NC(=O)OC(C)(C)C)[C@@H](O)C[C@@H](Cc3ccccc3Cl)C(=O)N[C@H]3c4cc(Cl)ccc4OC[C@H]3O)cc2)cn1. The molecular formula is C39H43Cl2N3O7. The summed E-state index contributed by atoms with van der Waals surface area (Å²) in [6.07, 6.45) is -0.818. The van der Waals surface area contributed by atoms with E-state index in [1.165, 1.54) is 0 Å². The number of carbonyl (C=O) groups excluding carboxylic acids is 2. The zero-order chi connectivity index (χ0) is 36.7. The molecule has 0 unspecified atom stereocenters. The van der Waals surface area contributed by atoms with Crippen LogP contribution in [0, 0.1) is 5.92 Å². The minimum atomic E-state index is -1.19. The lowest BCUT2D eigenvalue weighted by molar-refractivity contribution is -0.128. The number of hydrogen-bond donors (Lipinski definition) is 4. The van der Waals surface area contributed by atoms with Crippen LogP contribution in [0.1, 0.15) is 49.9 Å². The number of halogens is 2. The first kappa shape index (κ1) is 37.9. The molecule has 3 aromatic carbocycles. The van der Waals surface area contributed by atoms with Gasteiger partial charge in [-0.1, -0.05) is 65.7 Å². The minimum Gasteiger partial charge on any atom is -0.490 e. The summed E-state index contributed by atoms with van der Waals surface area (Å²) in [6, 6.07) is 22.0. The number of rotatable bonds is 12. The summed E-state index contributed by atoms with van der Waals surface area (Å²) >= 11 is 12.8. The molecule has 4 N–H and O–H groups in total. The molecule has 0 saturated heterocycles. The third kappa shape index (κ3) is 10.4. The van der Waals surface area contributed by atoms with Crippen molar-refractivity contribution in [3.63, 3.8) is 0 Å². The maximum atomic E-state index is 14.1. The van der Waals surface area contributed by atoms with E-state index >= 15 is 0 Å². The number of pyridine rings is 1. The standard InChI is InChI=1S/C39H43Cl2N3O7/c1-39(2,3)51-38(48)43-31(17-23-9-11-24(12-10-23)26-13-16-35(49-4)42-21-26)32(45)19-27(18-25-7-5-6-8-30(25)41)37(47)44-36-29-20-28(40)14-15-34(29)50-22-33(36)46/h5-16,20-21,27,31-33,36,45-46H,17-19,22H2,1-4H3,(H,43,48)(H,44,47)/t27-,31+,32+,33-,36+/m1/s1. The van der Waals surface area contributed by atoms with Crippen LogP contribution in [-0.2, 0) is 22.4 Å². The molecule has 10 nitrogen and oxygen atoms in total. The molecule has 0 fully saturated rings. The predicted molar refractivity (Wildman–Crippen MR) is 196 cm³/mol. The van der Waals surface area contributed by atoms with Gasteiger partial charge < -0.3 is 35.1 Å². The second kappa shape index (κ2) is 16.8. The van der Waals surface area contributed by atoms with Gasteiger partial charge in [0, 0.05) is 39.4 Å². The van der Waals surface area contributed by atoms with Crippen LogP contribution in [0.2, 0.25) is 10.0 Å². The van der Waals surface area contributed by atoms with Crippen LogP contribution in [0.25, 0.3) is 11.1 Å². The van der Waals surface area contributed by atoms with E-state index in [-0.39, 0.29) is 25.9 Å². The third-order valence-corrected chi connectivity index (χ3v) is 9.18. The first-order valence-electron chi connectivity index (χ1n) is 16.7. The summed E-state index contributed by atoms with van der Waals surface area (Å²) in [6.45, 7) is 5.24. The number of amides is 2. The fourth-order valence-electron chi connectivity index (χ4n) is 5.99. The highest BCUT2D eigenvalue weighted by atomic mass is 35.5. The molecule has 5 atom stereocenters. The monoisotopic (exact) mass is 735 g/mol. The van der Waals surface area contributed by atoms with Gasteiger partial charge in [-0.3, -0.25) is 4.79 Å². The molecule has 5 rings (SSSR count). The summed E-state index contributed by atoms with van der Waals surface area (Å²) in [5.74, 6) is -0.210. The average molecular weight is 737 g/mol. The van der Waals surface area contributed by atoms with Crippen LogP contribution in [-0.4, -0.2) is 64.8 Å². The molecule has 1 aliphatic heterocycles. The maximum absolute atomic E-state index is 14.1. The van der Waals surface area contributed by atoms with Crippen LogP contribution < -0.4 is 20.1 Å². The van der Waals surface area contributed by atoms with E-state index in [0.717, 1.165) is 16.7 Å². The van der Waals surface area contributed by atoms with Crippen LogP contribution in [0.3, 0.4) is 0 Å². The largest absolute Gasteiger partial charge is 0.490 e. The molecule has 1 aromatic heterocycles. The third-order valence-electron chi connectivity index (χ3n) is 8.57. The first-order chi connectivity index (χ1) is 24.3. The highest BCUT2D eigenvalue weighted by molar-refractivity contribution is 6.31. The number of benzene rings is 3. The van der Waals surface area contributed by atoms with Crippen molar-refractivity contribution >= 4 is 35.2 Å². The number of nitrogens with zero attached hydrogens (tertiary/aromatic N) is 1. The normalized spacial score (nSPS) is 17.3. The highest BCUT2D eigenvalue weighted by Gasteiger charge is 2.35. The Kier molecular flexibility index (Phi) is 12.5. The van der Waals surface area contributed by atoms with Crippen molar-refractivity contribution in [1.82, 2.24) is 15.6 Å². The zero-order valence-electron chi connectivity index (χ0n) is 28.9. The Morgan fingerprint density at radius 3 is 2.39 bits per heavy atom. The van der Waals surface area contributed by atoms with Gasteiger partial charge in [0.2, 0.25) is 11.8 Å². The Labute approximate surface area is 308 Å². The van der Waals surface area contributed by atoms with Crippen molar-refractivity contribution < 1.29 is 34.0 Å². The second-order valence-corrected chi connectivity index (χ2v) is 14.4. The second-order valence-electron chi connectivity index (χ2n) is 13.6. The van der Waals surface area contributed by atoms with E-state index in [2.05, 4.69) is 15.6 Å². The predicted octanol–water partition coefficient (Wildman–Crippen LogP) is 6.72. The number of alkyl carbamates (subject to hydrolysis) is 1. The van der Waals surface area contributed by atoms with E-state index in [1.54, 1.807) is 70.5 Å². The first-order valence-corrected chi connectivity index (χ1v) is 17.5. The molecule has 2 amide bonds. The molecule has 270 valence electrons. The van der Waals surface area contributed by atoms with E-state index in [1.807, 2.05) is 42.5 Å². The molecule has 2 heterocycles. The smallest absolute Gasteiger partial charge is 0.407 e. The molecular weight excluding hydrogens is 693 g/mol. The number of methoxy groups -OCH3 is 1. The molecule has 0 aliphatic carbocycles. The molecule has 12 heteroatoms. The fourth-order valence-corrected chi connectivity index (χ4v) is 6.38. The van der Waals surface area contributed by atoms with E-state index in [4.69, 9.17) is 37.4 Å². The summed E-state index contributed by atoms with van der Waals surface area (Å²) in [4.78, 5) is 31.5. The van der Waals surface area contributed by atoms with Gasteiger partial charge in [-0.15, -0.1) is 0 Å². The highest BCUT2D eigenvalue weighted by Crippen LogP contribution is 2.35. The van der Waals surface area contributed by atoms with Crippen LogP contribution >= 0.6 is 23.2 Å². The van der Waals surface area contributed by atoms with E-state index in [0.29, 0.717) is 32.8 Å². The average Bonchev–Trinajstić information content (AvgIpc) is 3.09. The number of nitrogens with one attached hydrogen (secondary N) is 2. The number of hydrogen-bond acceptors (Lipinski definition) is 8. The van der Waals surface area contributed by atoms with Crippen molar-refractivity contribution in [2.75, 3.05) is 13.7 Å². The summed E-state index contributed by atoms with van der Waals surface area (Å²) in [5, 5.41) is 29.4. The lowest BCUT2D eigenvalue weighted by Crippen LogP contribution is -2.49. The topological polar surface area (TPSA) is 139 Å². The quantitative estimate of drug-likeness (QED) is 0.126. The van der Waals surface area contributed by atoms with Gasteiger partial charge in [0.15, 0.2) is 0 Å². The van der Waals surface area contributed by atoms with Gasteiger partial charge in [-0.25, -0.2) is 9.78 Å². The molecule has 1 aliphatic rings. The Bertz CT molecular complexity index is 1800. The van der Waals surface area contributed by atoms with Crippen LogP contribution in [0.15, 0.2) is 85.1 Å². The van der Waals surface area contributed by atoms with Gasteiger partial charge >= 0.3 is 6.09 Å². The number of ether oxygens (including phenoxy) is 3.